The van der Waals surface area contributed by atoms with Gasteiger partial charge in [-0.2, -0.15) is 0 Å². The van der Waals surface area contributed by atoms with Crippen LogP contribution in [-0.2, 0) is 14.3 Å². The van der Waals surface area contributed by atoms with Crippen molar-refractivity contribution in [3.05, 3.63) is 0 Å². The summed E-state index contributed by atoms with van der Waals surface area (Å²) in [6.45, 7) is 5.90. The van der Waals surface area contributed by atoms with E-state index in [1.54, 1.807) is 6.92 Å². The standard InChI is InChI=1S/C10H16O3/c1-4-13-9(12)10(2,3)7-5-8(11)6-7/h7H,4-6H2,1-3H3. The number of ether oxygens (including phenoxy) is 1. The second kappa shape index (κ2) is 3.48. The van der Waals surface area contributed by atoms with Gasteiger partial charge in [-0.15, -0.1) is 0 Å². The molecule has 1 aliphatic rings. The first-order valence-electron chi connectivity index (χ1n) is 4.67. The van der Waals surface area contributed by atoms with Gasteiger partial charge in [0.05, 0.1) is 12.0 Å². The molecule has 3 heteroatoms. The third-order valence-electron chi connectivity index (χ3n) is 2.77. The highest BCUT2D eigenvalue weighted by Gasteiger charge is 2.44. The molecule has 0 atom stereocenters. The van der Waals surface area contributed by atoms with Crippen molar-refractivity contribution in [2.24, 2.45) is 11.3 Å². The van der Waals surface area contributed by atoms with E-state index >= 15 is 0 Å². The Morgan fingerprint density at radius 1 is 1.54 bits per heavy atom. The molecule has 0 aromatic heterocycles. The first kappa shape index (κ1) is 10.2. The number of Topliss-reactive ketones (excluding diaryl/α,β-unsaturated/α-hetero) is 1. The van der Waals surface area contributed by atoms with Crippen molar-refractivity contribution < 1.29 is 14.3 Å². The minimum atomic E-state index is -0.496. The lowest BCUT2D eigenvalue weighted by Gasteiger charge is -2.36. The van der Waals surface area contributed by atoms with Gasteiger partial charge in [-0.3, -0.25) is 9.59 Å². The van der Waals surface area contributed by atoms with Crippen LogP contribution in [-0.4, -0.2) is 18.4 Å². The van der Waals surface area contributed by atoms with Crippen molar-refractivity contribution in [3.8, 4) is 0 Å². The van der Waals surface area contributed by atoms with Crippen LogP contribution in [0.1, 0.15) is 33.6 Å². The maximum absolute atomic E-state index is 11.5. The highest BCUT2D eigenvalue weighted by atomic mass is 16.5. The van der Waals surface area contributed by atoms with Crippen molar-refractivity contribution >= 4 is 11.8 Å². The Labute approximate surface area is 78.5 Å². The molecular formula is C10H16O3. The third-order valence-corrected chi connectivity index (χ3v) is 2.77. The summed E-state index contributed by atoms with van der Waals surface area (Å²) in [6.07, 6.45) is 1.07. The SMILES string of the molecule is CCOC(=O)C(C)(C)C1CC(=O)C1. The fourth-order valence-corrected chi connectivity index (χ4v) is 1.48. The first-order valence-corrected chi connectivity index (χ1v) is 4.67. The van der Waals surface area contributed by atoms with E-state index in [9.17, 15) is 9.59 Å². The van der Waals surface area contributed by atoms with Crippen molar-refractivity contribution in [2.75, 3.05) is 6.61 Å². The summed E-state index contributed by atoms with van der Waals surface area (Å²) < 4.78 is 4.95. The van der Waals surface area contributed by atoms with E-state index < -0.39 is 5.41 Å². The lowest BCUT2D eigenvalue weighted by Crippen LogP contribution is -2.42. The van der Waals surface area contributed by atoms with E-state index in [-0.39, 0.29) is 17.7 Å². The molecule has 1 rings (SSSR count). The Morgan fingerprint density at radius 2 is 2.08 bits per heavy atom. The molecule has 1 fully saturated rings. The van der Waals surface area contributed by atoms with Gasteiger partial charge in [-0.05, 0) is 26.7 Å². The molecule has 74 valence electrons. The largest absolute Gasteiger partial charge is 0.466 e. The Morgan fingerprint density at radius 3 is 2.46 bits per heavy atom. The molecule has 0 spiro atoms. The summed E-state index contributed by atoms with van der Waals surface area (Å²) in [7, 11) is 0. The lowest BCUT2D eigenvalue weighted by molar-refractivity contribution is -0.160. The van der Waals surface area contributed by atoms with Gasteiger partial charge in [0.1, 0.15) is 5.78 Å². The van der Waals surface area contributed by atoms with Crippen LogP contribution >= 0.6 is 0 Å². The fraction of sp³-hybridized carbons (Fsp3) is 0.800. The zero-order valence-corrected chi connectivity index (χ0v) is 8.42. The van der Waals surface area contributed by atoms with Crippen LogP contribution < -0.4 is 0 Å². The maximum atomic E-state index is 11.5. The monoisotopic (exact) mass is 184 g/mol. The minimum absolute atomic E-state index is 0.180. The van der Waals surface area contributed by atoms with Gasteiger partial charge in [0, 0.05) is 12.8 Å². The Kier molecular flexibility index (Phi) is 2.74. The number of hydrogen-bond acceptors (Lipinski definition) is 3. The smallest absolute Gasteiger partial charge is 0.311 e. The van der Waals surface area contributed by atoms with Crippen molar-refractivity contribution in [1.82, 2.24) is 0 Å². The van der Waals surface area contributed by atoms with E-state index in [0.717, 1.165) is 0 Å². The molecule has 0 saturated heterocycles. The van der Waals surface area contributed by atoms with E-state index in [1.165, 1.54) is 0 Å². The average Bonchev–Trinajstić information content (AvgIpc) is 1.99. The number of ketones is 1. The van der Waals surface area contributed by atoms with Gasteiger partial charge in [0.2, 0.25) is 0 Å². The predicted octanol–water partition coefficient (Wildman–Crippen LogP) is 1.55. The molecule has 0 aromatic carbocycles. The van der Waals surface area contributed by atoms with Crippen molar-refractivity contribution in [2.45, 2.75) is 33.6 Å². The van der Waals surface area contributed by atoms with Crippen LogP contribution in [0.4, 0.5) is 0 Å². The Balaban J connectivity index is 2.54. The van der Waals surface area contributed by atoms with Crippen LogP contribution in [0, 0.1) is 11.3 Å². The van der Waals surface area contributed by atoms with Gasteiger partial charge in [0.15, 0.2) is 0 Å². The fourth-order valence-electron chi connectivity index (χ4n) is 1.48. The van der Waals surface area contributed by atoms with E-state index in [2.05, 4.69) is 0 Å². The third kappa shape index (κ3) is 1.90. The molecule has 13 heavy (non-hydrogen) atoms. The number of hydrogen-bond donors (Lipinski definition) is 0. The Bertz CT molecular complexity index is 222. The van der Waals surface area contributed by atoms with Crippen LogP contribution in [0.15, 0.2) is 0 Å². The van der Waals surface area contributed by atoms with Gasteiger partial charge < -0.3 is 4.74 Å². The molecule has 0 unspecified atom stereocenters. The molecule has 0 radical (unpaired) electrons. The Hall–Kier alpha value is -0.860. The highest BCUT2D eigenvalue weighted by molar-refractivity contribution is 5.88. The van der Waals surface area contributed by atoms with Crippen LogP contribution in [0.3, 0.4) is 0 Å². The van der Waals surface area contributed by atoms with Gasteiger partial charge >= 0.3 is 5.97 Å². The van der Waals surface area contributed by atoms with E-state index in [1.807, 2.05) is 13.8 Å². The molecule has 1 saturated carbocycles. The van der Waals surface area contributed by atoms with E-state index in [0.29, 0.717) is 19.4 Å². The van der Waals surface area contributed by atoms with Crippen LogP contribution in [0.2, 0.25) is 0 Å². The molecular weight excluding hydrogens is 168 g/mol. The highest BCUT2D eigenvalue weighted by Crippen LogP contribution is 2.40. The summed E-state index contributed by atoms with van der Waals surface area (Å²) in [4.78, 5) is 22.3. The maximum Gasteiger partial charge on any atom is 0.311 e. The predicted molar refractivity (Wildman–Crippen MR) is 48.1 cm³/mol. The minimum Gasteiger partial charge on any atom is -0.466 e. The average molecular weight is 184 g/mol. The van der Waals surface area contributed by atoms with Crippen LogP contribution in [0.5, 0.6) is 0 Å². The van der Waals surface area contributed by atoms with Crippen molar-refractivity contribution in [3.63, 3.8) is 0 Å². The molecule has 1 aliphatic carbocycles. The second-order valence-corrected chi connectivity index (χ2v) is 4.09. The molecule has 0 amide bonds. The topological polar surface area (TPSA) is 43.4 Å². The molecule has 0 aromatic rings. The summed E-state index contributed by atoms with van der Waals surface area (Å²) in [5.74, 6) is 0.244. The zero-order valence-electron chi connectivity index (χ0n) is 8.42. The number of esters is 1. The van der Waals surface area contributed by atoms with Crippen LogP contribution in [0.25, 0.3) is 0 Å². The molecule has 0 N–H and O–H groups in total. The number of rotatable bonds is 3. The quantitative estimate of drug-likeness (QED) is 0.625. The zero-order chi connectivity index (χ0) is 10.1. The van der Waals surface area contributed by atoms with E-state index in [4.69, 9.17) is 4.74 Å². The summed E-state index contributed by atoms with van der Waals surface area (Å²) >= 11 is 0. The molecule has 0 aliphatic heterocycles. The summed E-state index contributed by atoms with van der Waals surface area (Å²) in [6, 6.07) is 0. The number of carbonyl (C=O) groups is 2. The first-order chi connectivity index (χ1) is 5.98. The summed E-state index contributed by atoms with van der Waals surface area (Å²) in [5, 5.41) is 0. The molecule has 0 heterocycles. The summed E-state index contributed by atoms with van der Waals surface area (Å²) in [5.41, 5.74) is -0.496. The van der Waals surface area contributed by atoms with Crippen molar-refractivity contribution in [1.29, 1.82) is 0 Å². The normalized spacial score (nSPS) is 18.2. The van der Waals surface area contributed by atoms with Gasteiger partial charge in [-0.25, -0.2) is 0 Å². The lowest BCUT2D eigenvalue weighted by atomic mass is 9.67. The number of carbonyl (C=O) groups excluding carboxylic acids is 2. The van der Waals surface area contributed by atoms with Gasteiger partial charge in [0.25, 0.3) is 0 Å². The van der Waals surface area contributed by atoms with Gasteiger partial charge in [-0.1, -0.05) is 0 Å². The second-order valence-electron chi connectivity index (χ2n) is 4.09. The molecule has 3 nitrogen and oxygen atoms in total. The molecule has 0 bridgehead atoms.